The summed E-state index contributed by atoms with van der Waals surface area (Å²) in [6.45, 7) is 3.30. The molecule has 2 aromatic rings. The average molecular weight is 441 g/mol. The third kappa shape index (κ3) is 3.84. The van der Waals surface area contributed by atoms with Crippen LogP contribution in [0, 0.1) is 6.92 Å². The second kappa shape index (κ2) is 7.50. The smallest absolute Gasteiger partial charge is 0.262 e. The molecule has 0 unspecified atom stereocenters. The molecule has 1 aromatic carbocycles. The van der Waals surface area contributed by atoms with Gasteiger partial charge >= 0.3 is 0 Å². The Balaban J connectivity index is 1.73. The Morgan fingerprint density at radius 1 is 1.12 bits per heavy atom. The first kappa shape index (κ1) is 19.1. The molecule has 3 rings (SSSR count). The molecule has 1 aromatic heterocycles. The molecule has 0 aliphatic carbocycles. The zero-order chi connectivity index (χ0) is 18.9. The van der Waals surface area contributed by atoms with E-state index in [1.54, 1.807) is 35.6 Å². The summed E-state index contributed by atoms with van der Waals surface area (Å²) in [4.78, 5) is 18.5. The van der Waals surface area contributed by atoms with E-state index < -0.39 is 10.0 Å². The van der Waals surface area contributed by atoms with Crippen molar-refractivity contribution in [2.75, 3.05) is 26.2 Å². The van der Waals surface area contributed by atoms with Crippen LogP contribution in [0.15, 0.2) is 40.0 Å². The largest absolute Gasteiger partial charge is 0.337 e. The zero-order valence-electron chi connectivity index (χ0n) is 14.7. The summed E-state index contributed by atoms with van der Waals surface area (Å²) in [6.07, 6.45) is 2.12. The molecule has 1 aliphatic heterocycles. The Morgan fingerprint density at radius 2 is 1.81 bits per heavy atom. The third-order valence-corrected chi connectivity index (χ3v) is 6.82. The van der Waals surface area contributed by atoms with Gasteiger partial charge in [0.05, 0.1) is 0 Å². The molecule has 0 saturated carbocycles. The van der Waals surface area contributed by atoms with Gasteiger partial charge in [-0.3, -0.25) is 4.79 Å². The maximum absolute atomic E-state index is 12.8. The van der Waals surface area contributed by atoms with Crippen molar-refractivity contribution in [2.24, 2.45) is 7.05 Å². The molecule has 1 amide bonds. The fourth-order valence-corrected chi connectivity index (χ4v) is 4.65. The van der Waals surface area contributed by atoms with Crippen LogP contribution < -0.4 is 0 Å². The van der Waals surface area contributed by atoms with Crippen LogP contribution in [0.2, 0.25) is 0 Å². The maximum atomic E-state index is 12.8. The van der Waals surface area contributed by atoms with Crippen molar-refractivity contribution < 1.29 is 13.2 Å². The van der Waals surface area contributed by atoms with Gasteiger partial charge in [-0.15, -0.1) is 0 Å². The van der Waals surface area contributed by atoms with Crippen molar-refractivity contribution in [1.29, 1.82) is 0 Å². The summed E-state index contributed by atoms with van der Waals surface area (Å²) in [6, 6.07) is 7.18. The summed E-state index contributed by atoms with van der Waals surface area (Å²) < 4.78 is 29.7. The molecule has 9 heteroatoms. The Labute approximate surface area is 161 Å². The van der Waals surface area contributed by atoms with E-state index in [0.29, 0.717) is 37.4 Å². The van der Waals surface area contributed by atoms with Crippen LogP contribution in [0.3, 0.4) is 0 Å². The molecule has 1 aliphatic rings. The molecule has 2 heterocycles. The Bertz CT molecular complexity index is 889. The Morgan fingerprint density at radius 3 is 2.42 bits per heavy atom. The van der Waals surface area contributed by atoms with Gasteiger partial charge in [-0.2, -0.15) is 4.31 Å². The lowest BCUT2D eigenvalue weighted by Crippen LogP contribution is -2.37. The summed E-state index contributed by atoms with van der Waals surface area (Å²) in [7, 11) is -1.88. The second-order valence-corrected chi connectivity index (χ2v) is 9.09. The highest BCUT2D eigenvalue weighted by molar-refractivity contribution is 9.10. The van der Waals surface area contributed by atoms with Crippen LogP contribution in [0.5, 0.6) is 0 Å². The van der Waals surface area contributed by atoms with Gasteiger partial charge in [-0.1, -0.05) is 15.9 Å². The van der Waals surface area contributed by atoms with Crippen molar-refractivity contribution in [3.8, 4) is 0 Å². The number of hydrogen-bond donors (Lipinski definition) is 0. The number of aryl methyl sites for hydroxylation is 2. The second-order valence-electron chi connectivity index (χ2n) is 6.29. The van der Waals surface area contributed by atoms with Gasteiger partial charge in [-0.05, 0) is 37.6 Å². The molecule has 0 atom stereocenters. The van der Waals surface area contributed by atoms with Gasteiger partial charge in [0.2, 0.25) is 0 Å². The molecule has 1 saturated heterocycles. The molecule has 140 valence electrons. The van der Waals surface area contributed by atoms with Crippen LogP contribution in [0.1, 0.15) is 22.6 Å². The van der Waals surface area contributed by atoms with Gasteiger partial charge in [0.15, 0.2) is 5.03 Å². The lowest BCUT2D eigenvalue weighted by molar-refractivity contribution is 0.0764. The van der Waals surface area contributed by atoms with Crippen LogP contribution >= 0.6 is 15.9 Å². The molecule has 0 bridgehead atoms. The van der Waals surface area contributed by atoms with Crippen LogP contribution in [0.25, 0.3) is 0 Å². The Kier molecular flexibility index (Phi) is 5.50. The first-order chi connectivity index (χ1) is 12.3. The molecular formula is C17H21BrN4O3S. The zero-order valence-corrected chi connectivity index (χ0v) is 17.1. The quantitative estimate of drug-likeness (QED) is 0.731. The number of nitrogens with zero attached hydrogens (tertiary/aromatic N) is 4. The maximum Gasteiger partial charge on any atom is 0.262 e. The van der Waals surface area contributed by atoms with E-state index in [9.17, 15) is 13.2 Å². The molecule has 1 fully saturated rings. The van der Waals surface area contributed by atoms with Gasteiger partial charge in [-0.25, -0.2) is 13.4 Å². The topological polar surface area (TPSA) is 75.5 Å². The fraction of sp³-hybridized carbons (Fsp3) is 0.412. The number of sulfonamides is 1. The number of carbonyl (C=O) groups excluding carboxylic acids is 1. The number of benzene rings is 1. The van der Waals surface area contributed by atoms with Crippen molar-refractivity contribution in [3.63, 3.8) is 0 Å². The van der Waals surface area contributed by atoms with Crippen molar-refractivity contribution in [2.45, 2.75) is 18.4 Å². The van der Waals surface area contributed by atoms with Gasteiger partial charge in [0.25, 0.3) is 15.9 Å². The summed E-state index contributed by atoms with van der Waals surface area (Å²) >= 11 is 3.36. The lowest BCUT2D eigenvalue weighted by atomic mass is 10.2. The van der Waals surface area contributed by atoms with E-state index in [1.807, 2.05) is 12.1 Å². The first-order valence-electron chi connectivity index (χ1n) is 8.34. The summed E-state index contributed by atoms with van der Waals surface area (Å²) in [5.41, 5.74) is 0.602. The monoisotopic (exact) mass is 440 g/mol. The molecule has 7 nitrogen and oxygen atoms in total. The van der Waals surface area contributed by atoms with E-state index in [2.05, 4.69) is 20.9 Å². The van der Waals surface area contributed by atoms with Crippen molar-refractivity contribution in [1.82, 2.24) is 18.8 Å². The SMILES string of the molecule is Cc1nc(S(=O)(=O)N2CCCN(C(=O)c3ccc(Br)cc3)CC2)cn1C. The number of rotatable bonds is 3. The number of hydrogen-bond acceptors (Lipinski definition) is 4. The molecule has 0 radical (unpaired) electrons. The van der Waals surface area contributed by atoms with Gasteiger partial charge in [0.1, 0.15) is 5.82 Å². The lowest BCUT2D eigenvalue weighted by Gasteiger charge is -2.21. The van der Waals surface area contributed by atoms with E-state index in [0.717, 1.165) is 4.47 Å². The van der Waals surface area contributed by atoms with Crippen molar-refractivity contribution >= 4 is 31.9 Å². The highest BCUT2D eigenvalue weighted by atomic mass is 79.9. The van der Waals surface area contributed by atoms with Crippen LogP contribution in [-0.4, -0.2) is 59.3 Å². The minimum absolute atomic E-state index is 0.0604. The molecule has 0 N–H and O–H groups in total. The van der Waals surface area contributed by atoms with Crippen LogP contribution in [0.4, 0.5) is 0 Å². The average Bonchev–Trinajstić information content (AvgIpc) is 2.82. The Hall–Kier alpha value is -1.71. The molecule has 26 heavy (non-hydrogen) atoms. The normalized spacial score (nSPS) is 16.5. The number of carbonyl (C=O) groups is 1. The highest BCUT2D eigenvalue weighted by Crippen LogP contribution is 2.18. The van der Waals surface area contributed by atoms with Gasteiger partial charge in [0, 0.05) is 49.5 Å². The third-order valence-electron chi connectivity index (χ3n) is 4.52. The number of amides is 1. The first-order valence-corrected chi connectivity index (χ1v) is 10.6. The number of imidazole rings is 1. The minimum Gasteiger partial charge on any atom is -0.337 e. The summed E-state index contributed by atoms with van der Waals surface area (Å²) in [5, 5.41) is 0.0604. The summed E-state index contributed by atoms with van der Waals surface area (Å²) in [5.74, 6) is 0.566. The van der Waals surface area contributed by atoms with E-state index in [-0.39, 0.29) is 17.5 Å². The van der Waals surface area contributed by atoms with E-state index in [4.69, 9.17) is 0 Å². The number of halogens is 1. The van der Waals surface area contributed by atoms with E-state index >= 15 is 0 Å². The predicted octanol–water partition coefficient (Wildman–Crippen LogP) is 2.03. The van der Waals surface area contributed by atoms with Crippen molar-refractivity contribution in [3.05, 3.63) is 46.3 Å². The molecule has 0 spiro atoms. The standard InChI is InChI=1S/C17H21BrN4O3S/c1-13-19-16(12-20(13)2)26(24,25)22-9-3-8-21(10-11-22)17(23)14-4-6-15(18)7-5-14/h4-7,12H,3,8-11H2,1-2H3. The van der Waals surface area contributed by atoms with E-state index in [1.165, 1.54) is 10.5 Å². The fourth-order valence-electron chi connectivity index (χ4n) is 2.90. The minimum atomic E-state index is -3.65. The highest BCUT2D eigenvalue weighted by Gasteiger charge is 2.30. The molecular weight excluding hydrogens is 420 g/mol. The number of aromatic nitrogens is 2. The van der Waals surface area contributed by atoms with Crippen LogP contribution in [-0.2, 0) is 17.1 Å². The predicted molar refractivity (Wildman–Crippen MR) is 101 cm³/mol. The van der Waals surface area contributed by atoms with Gasteiger partial charge < -0.3 is 9.47 Å².